The summed E-state index contributed by atoms with van der Waals surface area (Å²) in [6.07, 6.45) is 4.85. The maximum Gasteiger partial charge on any atom is 0.220 e. The van der Waals surface area contributed by atoms with Crippen molar-refractivity contribution in [3.05, 3.63) is 64.4 Å². The third-order valence-electron chi connectivity index (χ3n) is 3.96. The summed E-state index contributed by atoms with van der Waals surface area (Å²) in [5.41, 5.74) is 4.87. The Bertz CT molecular complexity index is 810. The highest BCUT2D eigenvalue weighted by Crippen LogP contribution is 2.21. The van der Waals surface area contributed by atoms with Gasteiger partial charge in [0.2, 0.25) is 5.91 Å². The second-order valence-corrected chi connectivity index (χ2v) is 6.60. The molecule has 0 fully saturated rings. The number of nitrogens with zero attached hydrogens (tertiary/aromatic N) is 3. The zero-order chi connectivity index (χ0) is 16.9. The van der Waals surface area contributed by atoms with Gasteiger partial charge in [-0.25, -0.2) is 9.67 Å². The number of rotatable bonds is 6. The average Bonchev–Trinajstić information content (AvgIpc) is 3.24. The van der Waals surface area contributed by atoms with Crippen molar-refractivity contribution in [1.82, 2.24) is 20.1 Å². The predicted molar refractivity (Wildman–Crippen MR) is 95.3 cm³/mol. The minimum Gasteiger partial charge on any atom is -0.349 e. The van der Waals surface area contributed by atoms with E-state index in [1.807, 2.05) is 60.6 Å². The lowest BCUT2D eigenvalue weighted by molar-refractivity contribution is -0.121. The molecule has 5 nitrogen and oxygen atoms in total. The molecule has 0 saturated heterocycles. The van der Waals surface area contributed by atoms with Crippen LogP contribution in [0.2, 0.25) is 0 Å². The van der Waals surface area contributed by atoms with Gasteiger partial charge in [0.25, 0.3) is 0 Å². The Kier molecular flexibility index (Phi) is 5.05. The predicted octanol–water partition coefficient (Wildman–Crippen LogP) is 3.45. The molecule has 0 aliphatic rings. The van der Waals surface area contributed by atoms with E-state index in [0.29, 0.717) is 6.42 Å². The lowest BCUT2D eigenvalue weighted by atomic mass is 10.1. The molecule has 0 bridgehead atoms. The Labute approximate surface area is 145 Å². The van der Waals surface area contributed by atoms with E-state index in [1.165, 1.54) is 4.88 Å². The van der Waals surface area contributed by atoms with E-state index in [0.717, 1.165) is 23.4 Å². The fourth-order valence-electron chi connectivity index (χ4n) is 2.66. The number of thiazole rings is 1. The number of aromatic nitrogens is 3. The van der Waals surface area contributed by atoms with Crippen molar-refractivity contribution in [1.29, 1.82) is 0 Å². The number of amides is 1. The molecule has 3 rings (SSSR count). The van der Waals surface area contributed by atoms with Gasteiger partial charge in [0.05, 0.1) is 22.9 Å². The number of benzene rings is 1. The highest BCUT2D eigenvalue weighted by molar-refractivity contribution is 7.09. The van der Waals surface area contributed by atoms with Crippen LogP contribution in [0.5, 0.6) is 0 Å². The largest absolute Gasteiger partial charge is 0.349 e. The highest BCUT2D eigenvalue weighted by atomic mass is 32.1. The van der Waals surface area contributed by atoms with Gasteiger partial charge in [-0.2, -0.15) is 5.10 Å². The number of para-hydroxylation sites is 1. The molecular weight excluding hydrogens is 320 g/mol. The SMILES string of the molecule is Cc1ncsc1CCC(=O)N[C@@H](C)c1ccccc1-n1cccn1. The van der Waals surface area contributed by atoms with Crippen molar-refractivity contribution in [3.8, 4) is 5.69 Å². The summed E-state index contributed by atoms with van der Waals surface area (Å²) in [7, 11) is 0. The second-order valence-electron chi connectivity index (χ2n) is 5.66. The van der Waals surface area contributed by atoms with Gasteiger partial charge < -0.3 is 5.32 Å². The van der Waals surface area contributed by atoms with Gasteiger partial charge in [0, 0.05) is 23.7 Å². The fraction of sp³-hybridized carbons (Fsp3) is 0.278. The standard InChI is InChI=1S/C18H20N4OS/c1-13(21-18(23)9-8-17-14(2)19-12-24-17)15-6-3-4-7-16(15)22-11-5-10-20-22/h3-7,10-13H,8-9H2,1-2H3,(H,21,23)/t13-/m0/s1. The van der Waals surface area contributed by atoms with Crippen molar-refractivity contribution < 1.29 is 4.79 Å². The molecule has 0 radical (unpaired) electrons. The summed E-state index contributed by atoms with van der Waals surface area (Å²) in [5.74, 6) is 0.0468. The van der Waals surface area contributed by atoms with Crippen LogP contribution < -0.4 is 5.32 Å². The van der Waals surface area contributed by atoms with Crippen LogP contribution >= 0.6 is 11.3 Å². The third-order valence-corrected chi connectivity index (χ3v) is 4.95. The maximum atomic E-state index is 12.3. The van der Waals surface area contributed by atoms with Crippen LogP contribution in [0.25, 0.3) is 5.69 Å². The van der Waals surface area contributed by atoms with Crippen LogP contribution in [-0.2, 0) is 11.2 Å². The summed E-state index contributed by atoms with van der Waals surface area (Å²) >= 11 is 1.60. The second kappa shape index (κ2) is 7.40. The van der Waals surface area contributed by atoms with Crippen molar-refractivity contribution in [2.75, 3.05) is 0 Å². The average molecular weight is 340 g/mol. The van der Waals surface area contributed by atoms with E-state index in [-0.39, 0.29) is 11.9 Å². The lowest BCUT2D eigenvalue weighted by Crippen LogP contribution is -2.27. The van der Waals surface area contributed by atoms with E-state index in [1.54, 1.807) is 17.5 Å². The number of carbonyl (C=O) groups excluding carboxylic acids is 1. The van der Waals surface area contributed by atoms with Gasteiger partial charge in [-0.15, -0.1) is 11.3 Å². The van der Waals surface area contributed by atoms with Gasteiger partial charge in [-0.3, -0.25) is 4.79 Å². The minimum absolute atomic E-state index is 0.0468. The molecule has 0 aliphatic carbocycles. The number of carbonyl (C=O) groups is 1. The van der Waals surface area contributed by atoms with E-state index < -0.39 is 0 Å². The molecule has 6 heteroatoms. The number of hydrogen-bond acceptors (Lipinski definition) is 4. The van der Waals surface area contributed by atoms with E-state index in [4.69, 9.17) is 0 Å². The summed E-state index contributed by atoms with van der Waals surface area (Å²) < 4.78 is 1.82. The molecular formula is C18H20N4OS. The van der Waals surface area contributed by atoms with E-state index in [9.17, 15) is 4.79 Å². The fourth-order valence-corrected chi connectivity index (χ4v) is 3.44. The molecule has 1 atom stereocenters. The third kappa shape index (κ3) is 3.71. The Morgan fingerprint density at radius 3 is 2.88 bits per heavy atom. The first-order valence-corrected chi connectivity index (χ1v) is 8.80. The number of aryl methyl sites for hydroxylation is 2. The van der Waals surface area contributed by atoms with Crippen LogP contribution in [0.15, 0.2) is 48.2 Å². The highest BCUT2D eigenvalue weighted by Gasteiger charge is 2.15. The van der Waals surface area contributed by atoms with Crippen molar-refractivity contribution in [2.45, 2.75) is 32.7 Å². The molecule has 2 heterocycles. The van der Waals surface area contributed by atoms with Crippen LogP contribution in [0.3, 0.4) is 0 Å². The molecule has 0 saturated carbocycles. The van der Waals surface area contributed by atoms with Crippen LogP contribution in [0.4, 0.5) is 0 Å². The number of hydrogen-bond donors (Lipinski definition) is 1. The van der Waals surface area contributed by atoms with Gasteiger partial charge in [0.15, 0.2) is 0 Å². The van der Waals surface area contributed by atoms with Crippen molar-refractivity contribution in [3.63, 3.8) is 0 Å². The molecule has 3 aromatic rings. The smallest absolute Gasteiger partial charge is 0.220 e. The Hall–Kier alpha value is -2.47. The Morgan fingerprint density at radius 1 is 1.33 bits per heavy atom. The zero-order valence-corrected chi connectivity index (χ0v) is 14.6. The normalized spacial score (nSPS) is 12.1. The van der Waals surface area contributed by atoms with E-state index >= 15 is 0 Å². The quantitative estimate of drug-likeness (QED) is 0.748. The number of nitrogens with one attached hydrogen (secondary N) is 1. The van der Waals surface area contributed by atoms with Crippen LogP contribution in [-0.4, -0.2) is 20.7 Å². The summed E-state index contributed by atoms with van der Waals surface area (Å²) in [6, 6.07) is 9.78. The molecule has 124 valence electrons. The summed E-state index contributed by atoms with van der Waals surface area (Å²) in [5, 5.41) is 7.37. The van der Waals surface area contributed by atoms with Crippen LogP contribution in [0.1, 0.15) is 35.5 Å². The van der Waals surface area contributed by atoms with Gasteiger partial charge in [0.1, 0.15) is 0 Å². The van der Waals surface area contributed by atoms with Crippen molar-refractivity contribution in [2.24, 2.45) is 0 Å². The first-order valence-electron chi connectivity index (χ1n) is 7.92. The molecule has 0 aliphatic heterocycles. The molecule has 1 N–H and O–H groups in total. The molecule has 24 heavy (non-hydrogen) atoms. The lowest BCUT2D eigenvalue weighted by Gasteiger charge is -2.18. The first-order chi connectivity index (χ1) is 11.6. The van der Waals surface area contributed by atoms with E-state index in [2.05, 4.69) is 15.4 Å². The molecule has 0 unspecified atom stereocenters. The summed E-state index contributed by atoms with van der Waals surface area (Å²) in [4.78, 5) is 17.7. The topological polar surface area (TPSA) is 59.8 Å². The zero-order valence-electron chi connectivity index (χ0n) is 13.8. The molecule has 1 amide bonds. The van der Waals surface area contributed by atoms with Crippen molar-refractivity contribution >= 4 is 17.2 Å². The first kappa shape index (κ1) is 16.4. The maximum absolute atomic E-state index is 12.3. The molecule has 2 aromatic heterocycles. The Balaban J connectivity index is 1.66. The Morgan fingerprint density at radius 2 is 2.17 bits per heavy atom. The minimum atomic E-state index is -0.0829. The van der Waals surface area contributed by atoms with Gasteiger partial charge in [-0.1, -0.05) is 18.2 Å². The van der Waals surface area contributed by atoms with Crippen LogP contribution in [0, 0.1) is 6.92 Å². The monoisotopic (exact) mass is 340 g/mol. The van der Waals surface area contributed by atoms with Gasteiger partial charge >= 0.3 is 0 Å². The summed E-state index contributed by atoms with van der Waals surface area (Å²) in [6.45, 7) is 3.98. The molecule has 1 aromatic carbocycles. The molecule has 0 spiro atoms. The van der Waals surface area contributed by atoms with Gasteiger partial charge in [-0.05, 0) is 38.0 Å².